The summed E-state index contributed by atoms with van der Waals surface area (Å²) in [6.45, 7) is 0. The highest BCUT2D eigenvalue weighted by molar-refractivity contribution is 7.99. The number of carboxylic acid groups (broad SMARTS) is 1. The number of fused-ring (bicyclic) bond motifs is 1. The van der Waals surface area contributed by atoms with E-state index in [0.717, 1.165) is 39.0 Å². The summed E-state index contributed by atoms with van der Waals surface area (Å²) < 4.78 is 0. The van der Waals surface area contributed by atoms with Gasteiger partial charge in [-0.3, -0.25) is 0 Å². The molecular formula is C24H20O4S. The Morgan fingerprint density at radius 3 is 2.45 bits per heavy atom. The summed E-state index contributed by atoms with van der Waals surface area (Å²) in [5.41, 5.74) is 4.18. The molecule has 2 unspecified atom stereocenters. The molecular weight excluding hydrogens is 384 g/mol. The van der Waals surface area contributed by atoms with E-state index in [0.29, 0.717) is 0 Å². The number of hydrogen-bond donors (Lipinski definition) is 3. The Morgan fingerprint density at radius 2 is 1.69 bits per heavy atom. The minimum absolute atomic E-state index is 0.0505. The maximum atomic E-state index is 10.9. The van der Waals surface area contributed by atoms with E-state index in [1.165, 1.54) is 0 Å². The molecule has 0 saturated heterocycles. The molecule has 146 valence electrons. The summed E-state index contributed by atoms with van der Waals surface area (Å²) in [6.07, 6.45) is 2.73. The van der Waals surface area contributed by atoms with Crippen LogP contribution in [0.4, 0.5) is 0 Å². The first-order valence-corrected chi connectivity index (χ1v) is 10.3. The number of thioether (sulfide) groups is 1. The van der Waals surface area contributed by atoms with E-state index in [9.17, 15) is 15.0 Å². The van der Waals surface area contributed by atoms with Crippen LogP contribution in [0, 0.1) is 0 Å². The predicted molar refractivity (Wildman–Crippen MR) is 115 cm³/mol. The summed E-state index contributed by atoms with van der Waals surface area (Å²) >= 11 is 1.71. The Labute approximate surface area is 173 Å². The maximum Gasteiger partial charge on any atom is 0.328 e. The molecule has 1 heterocycles. The summed E-state index contributed by atoms with van der Waals surface area (Å²) in [6, 6.07) is 20.7. The smallest absolute Gasteiger partial charge is 0.328 e. The molecule has 1 aliphatic rings. The van der Waals surface area contributed by atoms with Crippen molar-refractivity contribution in [1.82, 2.24) is 0 Å². The van der Waals surface area contributed by atoms with Crippen LogP contribution < -0.4 is 0 Å². The van der Waals surface area contributed by atoms with Crippen LogP contribution in [0.15, 0.2) is 77.7 Å². The lowest BCUT2D eigenvalue weighted by Gasteiger charge is -2.34. The third-order valence-electron chi connectivity index (χ3n) is 5.16. The fraction of sp³-hybridized carbons (Fsp3) is 0.125. The quantitative estimate of drug-likeness (QED) is 0.520. The van der Waals surface area contributed by atoms with Crippen LogP contribution >= 0.6 is 11.8 Å². The molecule has 5 heteroatoms. The van der Waals surface area contributed by atoms with E-state index in [1.807, 2.05) is 36.4 Å². The van der Waals surface area contributed by atoms with E-state index in [1.54, 1.807) is 42.1 Å². The number of aliphatic carboxylic acids is 1. The van der Waals surface area contributed by atoms with Gasteiger partial charge in [-0.2, -0.15) is 0 Å². The summed E-state index contributed by atoms with van der Waals surface area (Å²) in [4.78, 5) is 11.9. The van der Waals surface area contributed by atoms with E-state index >= 15 is 0 Å². The van der Waals surface area contributed by atoms with Crippen molar-refractivity contribution in [2.75, 3.05) is 5.75 Å². The fourth-order valence-electron chi connectivity index (χ4n) is 3.84. The molecule has 0 bridgehead atoms. The molecule has 0 fully saturated rings. The number of benzene rings is 3. The van der Waals surface area contributed by atoms with Crippen molar-refractivity contribution in [3.05, 3.63) is 95.1 Å². The van der Waals surface area contributed by atoms with Crippen molar-refractivity contribution in [3.8, 4) is 11.5 Å². The standard InChI is InChI=1S/C24H20O4S/c25-18-7-5-16(6-8-18)21-14-29-22-13-19(26)9-10-20(22)24(21)17-3-1-2-15(12-17)4-11-23(27)28/h1-13,21,24-26H,14H2,(H,27,28)/b11-4+. The summed E-state index contributed by atoms with van der Waals surface area (Å²) in [5.74, 6) is 0.565. The highest BCUT2D eigenvalue weighted by Crippen LogP contribution is 2.49. The van der Waals surface area contributed by atoms with Gasteiger partial charge in [-0.25, -0.2) is 4.79 Å². The van der Waals surface area contributed by atoms with Crippen molar-refractivity contribution >= 4 is 23.8 Å². The normalized spacial score (nSPS) is 18.5. The number of carboxylic acids is 1. The first kappa shape index (κ1) is 19.2. The second-order valence-electron chi connectivity index (χ2n) is 7.05. The highest BCUT2D eigenvalue weighted by Gasteiger charge is 2.32. The third kappa shape index (κ3) is 4.15. The SMILES string of the molecule is O=C(O)/C=C/c1cccc(C2c3ccc(O)cc3SCC2c2ccc(O)cc2)c1. The van der Waals surface area contributed by atoms with Crippen LogP contribution in [-0.2, 0) is 4.79 Å². The van der Waals surface area contributed by atoms with Gasteiger partial charge < -0.3 is 15.3 Å². The van der Waals surface area contributed by atoms with Crippen LogP contribution in [0.2, 0.25) is 0 Å². The largest absolute Gasteiger partial charge is 0.508 e. The Bertz CT molecular complexity index is 1070. The van der Waals surface area contributed by atoms with Crippen molar-refractivity contribution in [2.24, 2.45) is 0 Å². The monoisotopic (exact) mass is 404 g/mol. The van der Waals surface area contributed by atoms with Crippen LogP contribution in [0.3, 0.4) is 0 Å². The maximum absolute atomic E-state index is 10.9. The lowest BCUT2D eigenvalue weighted by atomic mass is 9.77. The van der Waals surface area contributed by atoms with Crippen molar-refractivity contribution < 1.29 is 20.1 Å². The minimum atomic E-state index is -0.979. The zero-order valence-corrected chi connectivity index (χ0v) is 16.3. The topological polar surface area (TPSA) is 77.8 Å². The fourth-order valence-corrected chi connectivity index (χ4v) is 5.15. The predicted octanol–water partition coefficient (Wildman–Crippen LogP) is 5.22. The molecule has 3 aromatic carbocycles. The van der Waals surface area contributed by atoms with Crippen molar-refractivity contribution in [3.63, 3.8) is 0 Å². The number of hydrogen-bond acceptors (Lipinski definition) is 4. The van der Waals surface area contributed by atoms with Gasteiger partial charge in [0.1, 0.15) is 11.5 Å². The molecule has 4 nitrogen and oxygen atoms in total. The van der Waals surface area contributed by atoms with E-state index in [2.05, 4.69) is 6.07 Å². The molecule has 4 rings (SSSR count). The molecule has 0 aromatic heterocycles. The molecule has 3 N–H and O–H groups in total. The zero-order chi connectivity index (χ0) is 20.4. The molecule has 0 amide bonds. The molecule has 29 heavy (non-hydrogen) atoms. The van der Waals surface area contributed by atoms with Crippen molar-refractivity contribution in [2.45, 2.75) is 16.7 Å². The molecule has 3 aromatic rings. The zero-order valence-electron chi connectivity index (χ0n) is 15.5. The van der Waals surface area contributed by atoms with Gasteiger partial charge in [0.25, 0.3) is 0 Å². The van der Waals surface area contributed by atoms with E-state index in [-0.39, 0.29) is 23.3 Å². The molecule has 2 atom stereocenters. The van der Waals surface area contributed by atoms with Gasteiger partial charge in [-0.15, -0.1) is 11.8 Å². The average Bonchev–Trinajstić information content (AvgIpc) is 2.72. The molecule has 0 aliphatic carbocycles. The Hall–Kier alpha value is -3.18. The molecule has 0 radical (unpaired) electrons. The van der Waals surface area contributed by atoms with Gasteiger partial charge in [0.05, 0.1) is 0 Å². The lowest BCUT2D eigenvalue weighted by molar-refractivity contribution is -0.131. The van der Waals surface area contributed by atoms with Crippen molar-refractivity contribution in [1.29, 1.82) is 0 Å². The minimum Gasteiger partial charge on any atom is -0.508 e. The van der Waals surface area contributed by atoms with Gasteiger partial charge in [-0.1, -0.05) is 42.5 Å². The Balaban J connectivity index is 1.82. The van der Waals surface area contributed by atoms with Gasteiger partial charge in [-0.05, 0) is 52.6 Å². The summed E-state index contributed by atoms with van der Waals surface area (Å²) in [7, 11) is 0. The number of phenols is 2. The third-order valence-corrected chi connectivity index (χ3v) is 6.35. The van der Waals surface area contributed by atoms with Gasteiger partial charge in [0, 0.05) is 28.6 Å². The van der Waals surface area contributed by atoms with Gasteiger partial charge in [0.15, 0.2) is 0 Å². The number of rotatable bonds is 4. The van der Waals surface area contributed by atoms with E-state index in [4.69, 9.17) is 5.11 Å². The number of carbonyl (C=O) groups is 1. The average molecular weight is 404 g/mol. The van der Waals surface area contributed by atoms with E-state index < -0.39 is 5.97 Å². The molecule has 0 saturated carbocycles. The second kappa shape index (κ2) is 8.05. The number of aromatic hydroxyl groups is 2. The Kier molecular flexibility index (Phi) is 5.32. The first-order valence-electron chi connectivity index (χ1n) is 9.27. The van der Waals surface area contributed by atoms with Crippen LogP contribution in [0.25, 0.3) is 6.08 Å². The van der Waals surface area contributed by atoms with Gasteiger partial charge in [0.2, 0.25) is 0 Å². The second-order valence-corrected chi connectivity index (χ2v) is 8.11. The Morgan fingerprint density at radius 1 is 0.931 bits per heavy atom. The summed E-state index contributed by atoms with van der Waals surface area (Å²) in [5, 5.41) is 28.5. The van der Waals surface area contributed by atoms with Crippen LogP contribution in [-0.4, -0.2) is 27.0 Å². The highest BCUT2D eigenvalue weighted by atomic mass is 32.2. The van der Waals surface area contributed by atoms with Crippen LogP contribution in [0.1, 0.15) is 34.1 Å². The van der Waals surface area contributed by atoms with Crippen LogP contribution in [0.5, 0.6) is 11.5 Å². The molecule has 0 spiro atoms. The number of phenolic OH excluding ortho intramolecular Hbond substituents is 2. The lowest BCUT2D eigenvalue weighted by Crippen LogP contribution is -2.20. The molecule has 1 aliphatic heterocycles. The van der Waals surface area contributed by atoms with Gasteiger partial charge >= 0.3 is 5.97 Å². The first-order chi connectivity index (χ1) is 14.0.